The molecule has 1 aliphatic heterocycles. The van der Waals surface area contributed by atoms with Gasteiger partial charge in [0, 0.05) is 37.0 Å². The van der Waals surface area contributed by atoms with Crippen molar-refractivity contribution in [3.05, 3.63) is 17.5 Å². The molecule has 3 rings (SSSR count). The molecule has 0 bridgehead atoms. The zero-order chi connectivity index (χ0) is 17.1. The molecule has 24 heavy (non-hydrogen) atoms. The molecule has 0 spiro atoms. The maximum Gasteiger partial charge on any atom is 0.273 e. The number of aromatic nitrogens is 1. The number of unbranched alkanes of at least 4 members (excludes halogenated alkanes) is 1. The summed E-state index contributed by atoms with van der Waals surface area (Å²) in [5, 5.41) is 6.93. The highest BCUT2D eigenvalue weighted by atomic mass is 16.5. The molecule has 6 nitrogen and oxygen atoms in total. The van der Waals surface area contributed by atoms with Crippen LogP contribution in [0.3, 0.4) is 0 Å². The van der Waals surface area contributed by atoms with E-state index in [0.717, 1.165) is 44.3 Å². The van der Waals surface area contributed by atoms with Gasteiger partial charge in [0.15, 0.2) is 5.69 Å². The minimum absolute atomic E-state index is 0.0869. The Morgan fingerprint density at radius 1 is 1.38 bits per heavy atom. The second kappa shape index (κ2) is 7.36. The predicted octanol–water partition coefficient (Wildman–Crippen LogP) is 2.85. The van der Waals surface area contributed by atoms with E-state index in [9.17, 15) is 9.59 Å². The number of nitrogens with one attached hydrogen (secondary N) is 1. The summed E-state index contributed by atoms with van der Waals surface area (Å²) in [6.07, 6.45) is 6.43. The Hall–Kier alpha value is -1.85. The summed E-state index contributed by atoms with van der Waals surface area (Å²) in [6, 6.07) is 2.01. The molecule has 1 aliphatic carbocycles. The predicted molar refractivity (Wildman–Crippen MR) is 89.7 cm³/mol. The SMILES string of the molecule is CCCCC(=O)N1CCC(NC(=O)c2cc(C3CC3)on2)C[C@@H]1C. The topological polar surface area (TPSA) is 75.4 Å². The zero-order valence-electron chi connectivity index (χ0n) is 14.6. The Kier molecular flexibility index (Phi) is 5.21. The normalized spacial score (nSPS) is 24.0. The lowest BCUT2D eigenvalue weighted by atomic mass is 9.97. The summed E-state index contributed by atoms with van der Waals surface area (Å²) in [4.78, 5) is 26.5. The minimum atomic E-state index is -0.173. The summed E-state index contributed by atoms with van der Waals surface area (Å²) in [5.41, 5.74) is 0.367. The van der Waals surface area contributed by atoms with Gasteiger partial charge in [0.2, 0.25) is 5.91 Å². The van der Waals surface area contributed by atoms with Crippen molar-refractivity contribution in [1.29, 1.82) is 0 Å². The van der Waals surface area contributed by atoms with Crippen LogP contribution in [-0.2, 0) is 4.79 Å². The van der Waals surface area contributed by atoms with Crippen molar-refractivity contribution in [1.82, 2.24) is 15.4 Å². The van der Waals surface area contributed by atoms with Crippen LogP contribution in [0.4, 0.5) is 0 Å². The van der Waals surface area contributed by atoms with Gasteiger partial charge in [-0.15, -0.1) is 0 Å². The Morgan fingerprint density at radius 2 is 2.17 bits per heavy atom. The molecule has 1 saturated heterocycles. The lowest BCUT2D eigenvalue weighted by Crippen LogP contribution is -2.50. The van der Waals surface area contributed by atoms with E-state index in [4.69, 9.17) is 4.52 Å². The third-order valence-corrected chi connectivity index (χ3v) is 5.02. The van der Waals surface area contributed by atoms with Crippen molar-refractivity contribution in [2.45, 2.75) is 76.8 Å². The summed E-state index contributed by atoms with van der Waals surface area (Å²) >= 11 is 0. The van der Waals surface area contributed by atoms with Crippen LogP contribution in [0.5, 0.6) is 0 Å². The first-order valence-electron chi connectivity index (χ1n) is 9.15. The Balaban J connectivity index is 1.49. The van der Waals surface area contributed by atoms with Gasteiger partial charge in [-0.05, 0) is 39.0 Å². The number of rotatable bonds is 6. The van der Waals surface area contributed by atoms with Crippen LogP contribution in [0.25, 0.3) is 0 Å². The van der Waals surface area contributed by atoms with Gasteiger partial charge in [-0.2, -0.15) is 0 Å². The van der Waals surface area contributed by atoms with Gasteiger partial charge in [-0.1, -0.05) is 18.5 Å². The fourth-order valence-electron chi connectivity index (χ4n) is 3.36. The Labute approximate surface area is 142 Å². The fourth-order valence-corrected chi connectivity index (χ4v) is 3.36. The molecule has 6 heteroatoms. The van der Waals surface area contributed by atoms with Crippen LogP contribution < -0.4 is 5.32 Å². The van der Waals surface area contributed by atoms with E-state index >= 15 is 0 Å². The third kappa shape index (κ3) is 3.97. The van der Waals surface area contributed by atoms with Crippen LogP contribution in [-0.4, -0.2) is 40.5 Å². The summed E-state index contributed by atoms with van der Waals surface area (Å²) in [6.45, 7) is 4.86. The van der Waals surface area contributed by atoms with Gasteiger partial charge in [0.1, 0.15) is 5.76 Å². The van der Waals surface area contributed by atoms with Crippen molar-refractivity contribution in [3.63, 3.8) is 0 Å². The summed E-state index contributed by atoms with van der Waals surface area (Å²) < 4.78 is 5.24. The molecular weight excluding hydrogens is 306 g/mol. The van der Waals surface area contributed by atoms with Crippen molar-refractivity contribution in [2.75, 3.05) is 6.54 Å². The van der Waals surface area contributed by atoms with E-state index in [1.54, 1.807) is 6.07 Å². The smallest absolute Gasteiger partial charge is 0.273 e. The Bertz CT molecular complexity index is 594. The quantitative estimate of drug-likeness (QED) is 0.868. The van der Waals surface area contributed by atoms with Crippen LogP contribution >= 0.6 is 0 Å². The van der Waals surface area contributed by atoms with Gasteiger partial charge in [0.25, 0.3) is 5.91 Å². The van der Waals surface area contributed by atoms with Crippen molar-refractivity contribution in [2.24, 2.45) is 0 Å². The highest BCUT2D eigenvalue weighted by molar-refractivity contribution is 5.92. The number of amides is 2. The number of nitrogens with zero attached hydrogens (tertiary/aromatic N) is 2. The zero-order valence-corrected chi connectivity index (χ0v) is 14.6. The molecule has 1 aromatic heterocycles. The molecule has 132 valence electrons. The molecule has 2 amide bonds. The highest BCUT2D eigenvalue weighted by Crippen LogP contribution is 2.40. The maximum atomic E-state index is 12.3. The second-order valence-corrected chi connectivity index (χ2v) is 7.12. The molecule has 2 heterocycles. The van der Waals surface area contributed by atoms with E-state index in [2.05, 4.69) is 24.3 Å². The second-order valence-electron chi connectivity index (χ2n) is 7.12. The van der Waals surface area contributed by atoms with Gasteiger partial charge in [-0.3, -0.25) is 9.59 Å². The van der Waals surface area contributed by atoms with E-state index in [-0.39, 0.29) is 23.9 Å². The summed E-state index contributed by atoms with van der Waals surface area (Å²) in [5.74, 6) is 1.34. The molecule has 2 aliphatic rings. The monoisotopic (exact) mass is 333 g/mol. The van der Waals surface area contributed by atoms with E-state index < -0.39 is 0 Å². The molecule has 1 saturated carbocycles. The molecule has 1 N–H and O–H groups in total. The number of carbonyl (C=O) groups excluding carboxylic acids is 2. The van der Waals surface area contributed by atoms with Crippen molar-refractivity contribution in [3.8, 4) is 0 Å². The van der Waals surface area contributed by atoms with E-state index in [0.29, 0.717) is 24.6 Å². The number of piperidine rings is 1. The van der Waals surface area contributed by atoms with Gasteiger partial charge < -0.3 is 14.7 Å². The number of carbonyl (C=O) groups is 2. The molecule has 1 unspecified atom stereocenters. The van der Waals surface area contributed by atoms with Gasteiger partial charge in [-0.25, -0.2) is 0 Å². The Morgan fingerprint density at radius 3 is 2.83 bits per heavy atom. The first-order chi connectivity index (χ1) is 11.6. The standard InChI is InChI=1S/C18H27N3O3/c1-3-4-5-17(22)21-9-8-14(10-12(21)2)19-18(23)15-11-16(24-20-15)13-6-7-13/h11-14H,3-10H2,1-2H3,(H,19,23)/t12-,14?/m0/s1. The van der Waals surface area contributed by atoms with Crippen LogP contribution in [0.1, 0.15) is 81.0 Å². The first-order valence-corrected chi connectivity index (χ1v) is 9.15. The average Bonchev–Trinajstić information content (AvgIpc) is 3.29. The molecule has 2 atom stereocenters. The first kappa shape index (κ1) is 17.0. The number of hydrogen-bond donors (Lipinski definition) is 1. The van der Waals surface area contributed by atoms with E-state index in [1.165, 1.54) is 0 Å². The molecule has 2 fully saturated rings. The molecule has 0 radical (unpaired) electrons. The highest BCUT2D eigenvalue weighted by Gasteiger charge is 2.31. The summed E-state index contributed by atoms with van der Waals surface area (Å²) in [7, 11) is 0. The van der Waals surface area contributed by atoms with Crippen molar-refractivity contribution >= 4 is 11.8 Å². The molecular formula is C18H27N3O3. The molecule has 0 aromatic carbocycles. The van der Waals surface area contributed by atoms with Crippen LogP contribution in [0.2, 0.25) is 0 Å². The fraction of sp³-hybridized carbons (Fsp3) is 0.722. The minimum Gasteiger partial charge on any atom is -0.360 e. The maximum absolute atomic E-state index is 12.3. The average molecular weight is 333 g/mol. The van der Waals surface area contributed by atoms with Crippen LogP contribution in [0, 0.1) is 0 Å². The lowest BCUT2D eigenvalue weighted by molar-refractivity contribution is -0.134. The van der Waals surface area contributed by atoms with Gasteiger partial charge >= 0.3 is 0 Å². The number of likely N-dealkylation sites (tertiary alicyclic amines) is 1. The largest absolute Gasteiger partial charge is 0.360 e. The number of hydrogen-bond acceptors (Lipinski definition) is 4. The molecule has 1 aromatic rings. The van der Waals surface area contributed by atoms with Crippen molar-refractivity contribution < 1.29 is 14.1 Å². The van der Waals surface area contributed by atoms with Crippen LogP contribution in [0.15, 0.2) is 10.6 Å². The lowest BCUT2D eigenvalue weighted by Gasteiger charge is -2.38. The third-order valence-electron chi connectivity index (χ3n) is 5.02. The van der Waals surface area contributed by atoms with Gasteiger partial charge in [0.05, 0.1) is 0 Å². The van der Waals surface area contributed by atoms with E-state index in [1.807, 2.05) is 4.90 Å².